The topological polar surface area (TPSA) is 65.6 Å². The molecule has 0 aliphatic carbocycles. The summed E-state index contributed by atoms with van der Waals surface area (Å²) >= 11 is 0. The molecule has 1 fully saturated rings. The van der Waals surface area contributed by atoms with E-state index in [1.165, 1.54) is 0 Å². The summed E-state index contributed by atoms with van der Waals surface area (Å²) in [7, 11) is 1.57. The smallest absolute Gasteiger partial charge is 0.270 e. The Morgan fingerprint density at radius 2 is 1.76 bits per heavy atom. The SMILES string of the molecule is COc1ccc(C)cc1C(=O)N1CCCN(C(=O)c2ccc[nH]2)CC1. The number of nitrogens with zero attached hydrogens (tertiary/aromatic N) is 2. The number of rotatable bonds is 3. The molecule has 0 atom stereocenters. The summed E-state index contributed by atoms with van der Waals surface area (Å²) in [6.45, 7) is 4.27. The minimum Gasteiger partial charge on any atom is -0.496 e. The molecule has 0 unspecified atom stereocenters. The number of aryl methyl sites for hydroxylation is 1. The van der Waals surface area contributed by atoms with Gasteiger partial charge in [-0.1, -0.05) is 11.6 Å². The summed E-state index contributed by atoms with van der Waals surface area (Å²) in [4.78, 5) is 32.0. The Balaban J connectivity index is 1.72. The van der Waals surface area contributed by atoms with Gasteiger partial charge < -0.3 is 19.5 Å². The van der Waals surface area contributed by atoms with Gasteiger partial charge in [0.1, 0.15) is 11.4 Å². The molecular formula is C19H23N3O3. The van der Waals surface area contributed by atoms with E-state index < -0.39 is 0 Å². The average molecular weight is 341 g/mol. The Labute approximate surface area is 147 Å². The van der Waals surface area contributed by atoms with E-state index in [0.717, 1.165) is 12.0 Å². The van der Waals surface area contributed by atoms with E-state index in [2.05, 4.69) is 4.98 Å². The highest BCUT2D eigenvalue weighted by molar-refractivity contribution is 5.97. The minimum absolute atomic E-state index is 0.0209. The fourth-order valence-corrected chi connectivity index (χ4v) is 3.12. The van der Waals surface area contributed by atoms with E-state index >= 15 is 0 Å². The highest BCUT2D eigenvalue weighted by Gasteiger charge is 2.25. The summed E-state index contributed by atoms with van der Waals surface area (Å²) < 4.78 is 5.34. The van der Waals surface area contributed by atoms with Crippen molar-refractivity contribution < 1.29 is 14.3 Å². The normalized spacial score (nSPS) is 15.0. The number of amides is 2. The van der Waals surface area contributed by atoms with E-state index in [-0.39, 0.29) is 11.8 Å². The third-order valence-corrected chi connectivity index (χ3v) is 4.48. The van der Waals surface area contributed by atoms with E-state index in [9.17, 15) is 9.59 Å². The molecule has 1 aromatic carbocycles. The van der Waals surface area contributed by atoms with Crippen molar-refractivity contribution in [3.8, 4) is 5.75 Å². The van der Waals surface area contributed by atoms with Crippen LogP contribution in [0.3, 0.4) is 0 Å². The highest BCUT2D eigenvalue weighted by atomic mass is 16.5. The predicted molar refractivity (Wildman–Crippen MR) is 94.9 cm³/mol. The second-order valence-corrected chi connectivity index (χ2v) is 6.23. The molecule has 1 aliphatic rings. The van der Waals surface area contributed by atoms with Crippen LogP contribution in [0.25, 0.3) is 0 Å². The number of aromatic amines is 1. The van der Waals surface area contributed by atoms with Crippen molar-refractivity contribution in [2.45, 2.75) is 13.3 Å². The van der Waals surface area contributed by atoms with Crippen LogP contribution >= 0.6 is 0 Å². The number of aromatic nitrogens is 1. The van der Waals surface area contributed by atoms with Gasteiger partial charge in [-0.15, -0.1) is 0 Å². The van der Waals surface area contributed by atoms with Crippen molar-refractivity contribution in [2.75, 3.05) is 33.3 Å². The first-order valence-corrected chi connectivity index (χ1v) is 8.46. The quantitative estimate of drug-likeness (QED) is 0.932. The van der Waals surface area contributed by atoms with Gasteiger partial charge in [0.2, 0.25) is 0 Å². The molecule has 0 saturated carbocycles. The summed E-state index contributed by atoms with van der Waals surface area (Å²) in [6.07, 6.45) is 2.50. The van der Waals surface area contributed by atoms with Gasteiger partial charge in [-0.3, -0.25) is 9.59 Å². The molecule has 2 amide bonds. The first kappa shape index (κ1) is 17.1. The Kier molecular flexibility index (Phi) is 5.07. The maximum Gasteiger partial charge on any atom is 0.270 e. The number of nitrogens with one attached hydrogen (secondary N) is 1. The fourth-order valence-electron chi connectivity index (χ4n) is 3.12. The van der Waals surface area contributed by atoms with E-state index in [1.54, 1.807) is 29.2 Å². The van der Waals surface area contributed by atoms with Crippen molar-refractivity contribution in [3.05, 3.63) is 53.3 Å². The molecule has 2 heterocycles. The summed E-state index contributed by atoms with van der Waals surface area (Å²) in [6, 6.07) is 9.18. The zero-order valence-electron chi connectivity index (χ0n) is 14.6. The molecule has 6 nitrogen and oxygen atoms in total. The van der Waals surface area contributed by atoms with Crippen molar-refractivity contribution in [1.82, 2.24) is 14.8 Å². The Bertz CT molecular complexity index is 755. The van der Waals surface area contributed by atoms with Crippen LogP contribution in [0.1, 0.15) is 32.8 Å². The summed E-state index contributed by atoms with van der Waals surface area (Å²) in [5, 5.41) is 0. The molecule has 1 aromatic heterocycles. The molecular weight excluding hydrogens is 318 g/mol. The first-order valence-electron chi connectivity index (χ1n) is 8.46. The second-order valence-electron chi connectivity index (χ2n) is 6.23. The molecule has 1 saturated heterocycles. The highest BCUT2D eigenvalue weighted by Crippen LogP contribution is 2.22. The van der Waals surface area contributed by atoms with Gasteiger partial charge in [0, 0.05) is 32.4 Å². The summed E-state index contributed by atoms with van der Waals surface area (Å²) in [5.41, 5.74) is 2.18. The third kappa shape index (κ3) is 3.68. The van der Waals surface area contributed by atoms with Crippen LogP contribution in [0.5, 0.6) is 5.75 Å². The number of ether oxygens (including phenoxy) is 1. The van der Waals surface area contributed by atoms with Gasteiger partial charge in [-0.25, -0.2) is 0 Å². The number of hydrogen-bond acceptors (Lipinski definition) is 3. The van der Waals surface area contributed by atoms with Crippen LogP contribution in [-0.2, 0) is 0 Å². The van der Waals surface area contributed by atoms with Crippen LogP contribution in [0.2, 0.25) is 0 Å². The molecule has 0 radical (unpaired) electrons. The molecule has 25 heavy (non-hydrogen) atoms. The second kappa shape index (κ2) is 7.42. The largest absolute Gasteiger partial charge is 0.496 e. The Hall–Kier alpha value is -2.76. The fraction of sp³-hybridized carbons (Fsp3) is 0.368. The molecule has 0 spiro atoms. The van der Waals surface area contributed by atoms with Gasteiger partial charge >= 0.3 is 0 Å². The standard InChI is InChI=1S/C19H23N3O3/c1-14-6-7-17(25-2)15(13-14)18(23)21-9-4-10-22(12-11-21)19(24)16-5-3-8-20-16/h3,5-8,13,20H,4,9-12H2,1-2H3. The zero-order chi connectivity index (χ0) is 17.8. The van der Waals surface area contributed by atoms with E-state index in [0.29, 0.717) is 43.2 Å². The van der Waals surface area contributed by atoms with Gasteiger partial charge in [-0.05, 0) is 37.6 Å². The number of carbonyl (C=O) groups excluding carboxylic acids is 2. The number of H-pyrrole nitrogens is 1. The lowest BCUT2D eigenvalue weighted by atomic mass is 10.1. The minimum atomic E-state index is -0.0466. The van der Waals surface area contributed by atoms with Crippen molar-refractivity contribution in [1.29, 1.82) is 0 Å². The van der Waals surface area contributed by atoms with Crippen LogP contribution in [0.15, 0.2) is 36.5 Å². The summed E-state index contributed by atoms with van der Waals surface area (Å²) in [5.74, 6) is 0.515. The number of methoxy groups -OCH3 is 1. The van der Waals surface area contributed by atoms with Crippen LogP contribution < -0.4 is 4.74 Å². The lowest BCUT2D eigenvalue weighted by Crippen LogP contribution is -2.37. The van der Waals surface area contributed by atoms with Gasteiger partial charge in [-0.2, -0.15) is 0 Å². The Morgan fingerprint density at radius 3 is 2.40 bits per heavy atom. The number of hydrogen-bond donors (Lipinski definition) is 1. The first-order chi connectivity index (χ1) is 12.1. The van der Waals surface area contributed by atoms with Gasteiger partial charge in [0.15, 0.2) is 0 Å². The molecule has 1 N–H and O–H groups in total. The maximum absolute atomic E-state index is 12.9. The molecule has 132 valence electrons. The average Bonchev–Trinajstić information content (AvgIpc) is 3.05. The lowest BCUT2D eigenvalue weighted by molar-refractivity contribution is 0.0714. The van der Waals surface area contributed by atoms with Gasteiger partial charge in [0.25, 0.3) is 11.8 Å². The van der Waals surface area contributed by atoms with Crippen LogP contribution in [-0.4, -0.2) is 59.9 Å². The van der Waals surface area contributed by atoms with Gasteiger partial charge in [0.05, 0.1) is 12.7 Å². The van der Waals surface area contributed by atoms with E-state index in [1.807, 2.05) is 31.2 Å². The van der Waals surface area contributed by atoms with Crippen molar-refractivity contribution in [2.24, 2.45) is 0 Å². The zero-order valence-corrected chi connectivity index (χ0v) is 14.6. The maximum atomic E-state index is 12.9. The van der Waals surface area contributed by atoms with Crippen LogP contribution in [0.4, 0.5) is 0 Å². The molecule has 1 aliphatic heterocycles. The molecule has 2 aromatic rings. The monoisotopic (exact) mass is 341 g/mol. The lowest BCUT2D eigenvalue weighted by Gasteiger charge is -2.23. The molecule has 6 heteroatoms. The predicted octanol–water partition coefficient (Wildman–Crippen LogP) is 2.32. The molecule has 3 rings (SSSR count). The number of carbonyl (C=O) groups is 2. The van der Waals surface area contributed by atoms with E-state index in [4.69, 9.17) is 4.74 Å². The third-order valence-electron chi connectivity index (χ3n) is 4.48. The van der Waals surface area contributed by atoms with Crippen molar-refractivity contribution in [3.63, 3.8) is 0 Å². The van der Waals surface area contributed by atoms with Crippen LogP contribution in [0, 0.1) is 6.92 Å². The van der Waals surface area contributed by atoms with Crippen molar-refractivity contribution >= 4 is 11.8 Å². The molecule has 0 bridgehead atoms. The Morgan fingerprint density at radius 1 is 1.04 bits per heavy atom. The number of benzene rings is 1.